The first-order valence-corrected chi connectivity index (χ1v) is 11.2. The molecule has 2 unspecified atom stereocenters. The van der Waals surface area contributed by atoms with E-state index in [1.54, 1.807) is 12.3 Å². The summed E-state index contributed by atoms with van der Waals surface area (Å²) in [6.45, 7) is 5.08. The van der Waals surface area contributed by atoms with Crippen molar-refractivity contribution in [3.05, 3.63) is 34.4 Å². The number of aliphatic hydroxyl groups excluding tert-OH is 1. The van der Waals surface area contributed by atoms with Crippen LogP contribution in [0.5, 0.6) is 0 Å². The monoisotopic (exact) mass is 370 g/mol. The highest BCUT2D eigenvalue weighted by molar-refractivity contribution is 5.22. The van der Waals surface area contributed by atoms with E-state index in [9.17, 15) is 9.90 Å². The molecule has 4 aliphatic rings. The second-order valence-electron chi connectivity index (χ2n) is 10.6. The van der Waals surface area contributed by atoms with Crippen molar-refractivity contribution in [1.29, 1.82) is 0 Å². The second-order valence-corrected chi connectivity index (χ2v) is 10.6. The normalized spacial score (nSPS) is 49.1. The second kappa shape index (κ2) is 6.20. The molecule has 4 saturated carbocycles. The molecule has 5 rings (SSSR count). The van der Waals surface area contributed by atoms with E-state index in [4.69, 9.17) is 4.42 Å². The van der Waals surface area contributed by atoms with Gasteiger partial charge in [0.25, 0.3) is 0 Å². The van der Waals surface area contributed by atoms with Gasteiger partial charge in [-0.3, -0.25) is 0 Å². The van der Waals surface area contributed by atoms with Crippen molar-refractivity contribution in [3.8, 4) is 0 Å². The molecule has 1 N–H and O–H groups in total. The van der Waals surface area contributed by atoms with Crippen molar-refractivity contribution in [2.45, 2.75) is 83.7 Å². The zero-order chi connectivity index (χ0) is 18.8. The summed E-state index contributed by atoms with van der Waals surface area (Å²) >= 11 is 0. The summed E-state index contributed by atoms with van der Waals surface area (Å²) in [5, 5.41) is 10.2. The van der Waals surface area contributed by atoms with Crippen LogP contribution in [0.4, 0.5) is 0 Å². The fourth-order valence-electron chi connectivity index (χ4n) is 8.35. The van der Waals surface area contributed by atoms with Crippen LogP contribution in [0.15, 0.2) is 27.6 Å². The van der Waals surface area contributed by atoms with Crippen LogP contribution in [-0.4, -0.2) is 11.2 Å². The minimum Gasteiger partial charge on any atom is -0.431 e. The Balaban J connectivity index is 1.43. The highest BCUT2D eigenvalue weighted by Crippen LogP contribution is 2.68. The molecule has 1 aromatic heterocycles. The van der Waals surface area contributed by atoms with Gasteiger partial charge in [-0.2, -0.15) is 0 Å². The van der Waals surface area contributed by atoms with Gasteiger partial charge in [-0.1, -0.05) is 13.8 Å². The molecule has 0 aliphatic heterocycles. The standard InChI is InChI=1S/C24H34O3/c1-23-11-9-17(25)13-16(23)4-5-18-20-7-6-19(15-3-8-22(26)27-14-15)24(20,2)12-10-21(18)23/h3,8,14,16-21,25H,4-7,9-13H2,1-2H3/t16?,17?,18-,19+,20-,21-,23-,24+/m0/s1. The number of fused-ring (bicyclic) bond motifs is 5. The van der Waals surface area contributed by atoms with Gasteiger partial charge in [0, 0.05) is 6.07 Å². The molecule has 0 spiro atoms. The third-order valence-electron chi connectivity index (χ3n) is 9.76. The molecule has 1 heterocycles. The van der Waals surface area contributed by atoms with E-state index in [0.29, 0.717) is 16.7 Å². The first kappa shape index (κ1) is 18.0. The summed E-state index contributed by atoms with van der Waals surface area (Å²) in [7, 11) is 0. The molecule has 0 amide bonds. The molecular formula is C24H34O3. The van der Waals surface area contributed by atoms with Crippen LogP contribution < -0.4 is 5.63 Å². The lowest BCUT2D eigenvalue weighted by Gasteiger charge is -2.61. The van der Waals surface area contributed by atoms with Gasteiger partial charge in [0.15, 0.2) is 0 Å². The van der Waals surface area contributed by atoms with Gasteiger partial charge in [-0.15, -0.1) is 0 Å². The summed E-state index contributed by atoms with van der Waals surface area (Å²) in [6.07, 6.45) is 12.8. The smallest absolute Gasteiger partial charge is 0.335 e. The molecule has 0 saturated heterocycles. The average Bonchev–Trinajstić information content (AvgIpc) is 3.00. The van der Waals surface area contributed by atoms with Crippen LogP contribution in [0.25, 0.3) is 0 Å². The maximum atomic E-state index is 11.4. The zero-order valence-corrected chi connectivity index (χ0v) is 16.8. The van der Waals surface area contributed by atoms with Crippen LogP contribution in [0.1, 0.15) is 83.1 Å². The Hall–Kier alpha value is -1.09. The van der Waals surface area contributed by atoms with E-state index in [1.165, 1.54) is 50.5 Å². The Morgan fingerprint density at radius 2 is 1.74 bits per heavy atom. The average molecular weight is 371 g/mol. The van der Waals surface area contributed by atoms with Crippen molar-refractivity contribution in [1.82, 2.24) is 0 Å². The van der Waals surface area contributed by atoms with E-state index in [1.807, 2.05) is 6.07 Å². The molecule has 4 fully saturated rings. The third-order valence-corrected chi connectivity index (χ3v) is 9.76. The molecule has 3 nitrogen and oxygen atoms in total. The molecule has 0 aromatic carbocycles. The van der Waals surface area contributed by atoms with Gasteiger partial charge in [-0.25, -0.2) is 4.79 Å². The van der Waals surface area contributed by atoms with Gasteiger partial charge in [0.05, 0.1) is 12.4 Å². The maximum Gasteiger partial charge on any atom is 0.335 e. The Bertz CT molecular complexity index is 749. The van der Waals surface area contributed by atoms with Crippen LogP contribution in [0.2, 0.25) is 0 Å². The summed E-state index contributed by atoms with van der Waals surface area (Å²) in [5.74, 6) is 3.76. The summed E-state index contributed by atoms with van der Waals surface area (Å²) in [6, 6.07) is 3.61. The van der Waals surface area contributed by atoms with Gasteiger partial charge in [-0.05, 0) is 110 Å². The van der Waals surface area contributed by atoms with Crippen molar-refractivity contribution < 1.29 is 9.52 Å². The van der Waals surface area contributed by atoms with Gasteiger partial charge in [0.2, 0.25) is 0 Å². The lowest BCUT2D eigenvalue weighted by molar-refractivity contribution is -0.122. The van der Waals surface area contributed by atoms with Crippen molar-refractivity contribution in [2.24, 2.45) is 34.5 Å². The summed E-state index contributed by atoms with van der Waals surface area (Å²) < 4.78 is 5.22. The molecule has 4 aliphatic carbocycles. The molecule has 3 heteroatoms. The van der Waals surface area contributed by atoms with E-state index in [0.717, 1.165) is 36.5 Å². The van der Waals surface area contributed by atoms with Gasteiger partial charge >= 0.3 is 5.63 Å². The molecule has 1 aromatic rings. The minimum atomic E-state index is -0.243. The lowest BCUT2D eigenvalue weighted by atomic mass is 9.44. The van der Waals surface area contributed by atoms with Crippen molar-refractivity contribution in [3.63, 3.8) is 0 Å². The van der Waals surface area contributed by atoms with Crippen LogP contribution in [-0.2, 0) is 0 Å². The lowest BCUT2D eigenvalue weighted by Crippen LogP contribution is -2.53. The maximum absolute atomic E-state index is 11.4. The molecule has 27 heavy (non-hydrogen) atoms. The summed E-state index contributed by atoms with van der Waals surface area (Å²) in [4.78, 5) is 11.4. The molecule has 0 radical (unpaired) electrons. The number of hydrogen-bond acceptors (Lipinski definition) is 3. The Morgan fingerprint density at radius 3 is 2.52 bits per heavy atom. The van der Waals surface area contributed by atoms with E-state index in [2.05, 4.69) is 13.8 Å². The van der Waals surface area contributed by atoms with E-state index < -0.39 is 0 Å². The molecular weight excluding hydrogens is 336 g/mol. The number of rotatable bonds is 1. The predicted octanol–water partition coefficient (Wildman–Crippen LogP) is 5.13. The highest BCUT2D eigenvalue weighted by atomic mass is 16.4. The number of hydrogen-bond donors (Lipinski definition) is 1. The number of aliphatic hydroxyl groups is 1. The fraction of sp³-hybridized carbons (Fsp3) is 0.792. The van der Waals surface area contributed by atoms with E-state index >= 15 is 0 Å². The van der Waals surface area contributed by atoms with Crippen LogP contribution in [0.3, 0.4) is 0 Å². The Morgan fingerprint density at radius 1 is 0.963 bits per heavy atom. The molecule has 0 bridgehead atoms. The third kappa shape index (κ3) is 2.60. The van der Waals surface area contributed by atoms with Crippen molar-refractivity contribution >= 4 is 0 Å². The molecule has 148 valence electrons. The first-order valence-electron chi connectivity index (χ1n) is 11.2. The SMILES string of the molecule is C[C@]12CC[C@H]3[C@@H](CCC4CC(O)CC[C@@]43C)[C@@H]1CC[C@@H]2c1ccc(=O)oc1. The molecule has 8 atom stereocenters. The van der Waals surface area contributed by atoms with Crippen molar-refractivity contribution in [2.75, 3.05) is 0 Å². The summed E-state index contributed by atoms with van der Waals surface area (Å²) in [5.41, 5.74) is 1.78. The Kier molecular flexibility index (Phi) is 4.13. The minimum absolute atomic E-state index is 0.0583. The van der Waals surface area contributed by atoms with Crippen LogP contribution in [0, 0.1) is 34.5 Å². The van der Waals surface area contributed by atoms with Gasteiger partial charge < -0.3 is 9.52 Å². The van der Waals surface area contributed by atoms with Gasteiger partial charge in [0.1, 0.15) is 0 Å². The first-order chi connectivity index (χ1) is 12.9. The largest absolute Gasteiger partial charge is 0.431 e. The quantitative estimate of drug-likeness (QED) is 0.746. The van der Waals surface area contributed by atoms with Crippen LogP contribution >= 0.6 is 0 Å². The zero-order valence-electron chi connectivity index (χ0n) is 16.8. The highest BCUT2D eigenvalue weighted by Gasteiger charge is 2.60. The van der Waals surface area contributed by atoms with E-state index in [-0.39, 0.29) is 11.7 Å². The topological polar surface area (TPSA) is 50.4 Å². The predicted molar refractivity (Wildman–Crippen MR) is 105 cm³/mol. The Labute approximate surface area is 162 Å². The fourth-order valence-corrected chi connectivity index (χ4v) is 8.35.